The number of carbonyl (C=O) groups excluding carboxylic acids is 2. The van der Waals surface area contributed by atoms with E-state index >= 15 is 0 Å². The fourth-order valence-corrected chi connectivity index (χ4v) is 6.09. The van der Waals surface area contributed by atoms with Crippen LogP contribution in [0.5, 0.6) is 0 Å². The van der Waals surface area contributed by atoms with Crippen molar-refractivity contribution in [2.45, 2.75) is 180 Å². The van der Waals surface area contributed by atoms with Crippen LogP contribution in [0.1, 0.15) is 168 Å². The summed E-state index contributed by atoms with van der Waals surface area (Å²) in [6.45, 7) is 2.65. The maximum Gasteiger partial charge on any atom is 0.472 e. The summed E-state index contributed by atoms with van der Waals surface area (Å²) >= 11 is 0. The van der Waals surface area contributed by atoms with Crippen LogP contribution in [0.3, 0.4) is 0 Å². The van der Waals surface area contributed by atoms with Gasteiger partial charge in [0.05, 0.1) is 13.2 Å². The minimum Gasteiger partial charge on any atom is -0.480 e. The van der Waals surface area contributed by atoms with Gasteiger partial charge in [-0.2, -0.15) is 0 Å². The highest BCUT2D eigenvalue weighted by molar-refractivity contribution is 7.47. The standard InChI is InChI=1S/C42H74NO10P/c1-3-5-7-9-11-13-15-17-19-21-23-25-27-29-31-33-40(44)50-35-38(36-51-54(48,49)52-37-39(43)42(46)47)53-41(45)34-32-30-28-26-24-22-20-18-16-14-12-10-8-6-4-2/h6,8,12,14,17-20,38-39H,3-5,7,9-11,13,15-16,21-37,43H2,1-2H3,(H,46,47)(H,48,49)/t38-,39+/m1/s1. The SMILES string of the molecule is CCC=CCC=CCC=CCCCCCCCC(=O)O[C@H](COC(=O)CCCCCCCC=CCCCCCCCC)COP(=O)(O)OC[C@H](N)C(=O)O. The van der Waals surface area contributed by atoms with Crippen molar-refractivity contribution >= 4 is 25.7 Å². The summed E-state index contributed by atoms with van der Waals surface area (Å²) in [5, 5.41) is 8.87. The molecule has 0 aromatic heterocycles. The van der Waals surface area contributed by atoms with E-state index in [4.69, 9.17) is 24.8 Å². The van der Waals surface area contributed by atoms with E-state index in [0.717, 1.165) is 89.9 Å². The van der Waals surface area contributed by atoms with Gasteiger partial charge in [0.15, 0.2) is 6.10 Å². The van der Waals surface area contributed by atoms with Gasteiger partial charge >= 0.3 is 25.7 Å². The molecule has 0 fully saturated rings. The van der Waals surface area contributed by atoms with Gasteiger partial charge < -0.3 is 25.2 Å². The first-order chi connectivity index (χ1) is 26.1. The molecule has 0 aliphatic rings. The lowest BCUT2D eigenvalue weighted by Crippen LogP contribution is -2.34. The molecule has 0 aromatic carbocycles. The number of phosphoric ester groups is 1. The summed E-state index contributed by atoms with van der Waals surface area (Å²) in [5.41, 5.74) is 5.32. The molecule has 0 amide bonds. The zero-order chi connectivity index (χ0) is 40.0. The summed E-state index contributed by atoms with van der Waals surface area (Å²) in [7, 11) is -4.72. The van der Waals surface area contributed by atoms with E-state index in [-0.39, 0.29) is 19.4 Å². The highest BCUT2D eigenvalue weighted by atomic mass is 31.2. The lowest BCUT2D eigenvalue weighted by atomic mass is 10.1. The number of hydrogen-bond acceptors (Lipinski definition) is 9. The highest BCUT2D eigenvalue weighted by Gasteiger charge is 2.28. The van der Waals surface area contributed by atoms with Gasteiger partial charge in [-0.25, -0.2) is 4.57 Å². The van der Waals surface area contributed by atoms with Gasteiger partial charge in [0.1, 0.15) is 12.6 Å². The van der Waals surface area contributed by atoms with Crippen LogP contribution in [0.4, 0.5) is 0 Å². The molecule has 0 bridgehead atoms. The molecule has 11 nitrogen and oxygen atoms in total. The van der Waals surface area contributed by atoms with Crippen molar-refractivity contribution in [1.29, 1.82) is 0 Å². The second-order valence-corrected chi connectivity index (χ2v) is 15.2. The normalized spacial score (nSPS) is 14.3. The van der Waals surface area contributed by atoms with Crippen molar-refractivity contribution in [3.63, 3.8) is 0 Å². The fraction of sp³-hybridized carbons (Fsp3) is 0.738. The van der Waals surface area contributed by atoms with Crippen LogP contribution in [0.15, 0.2) is 48.6 Å². The van der Waals surface area contributed by atoms with Crippen LogP contribution in [0.25, 0.3) is 0 Å². The number of carboxylic acid groups (broad SMARTS) is 1. The zero-order valence-corrected chi connectivity index (χ0v) is 34.4. The maximum atomic E-state index is 12.6. The molecule has 0 heterocycles. The van der Waals surface area contributed by atoms with E-state index < -0.39 is 51.1 Å². The molecule has 0 spiro atoms. The Labute approximate surface area is 326 Å². The van der Waals surface area contributed by atoms with Gasteiger partial charge in [0.2, 0.25) is 0 Å². The third-order valence-corrected chi connectivity index (χ3v) is 9.51. The smallest absolute Gasteiger partial charge is 0.472 e. The van der Waals surface area contributed by atoms with Crippen molar-refractivity contribution in [2.75, 3.05) is 19.8 Å². The lowest BCUT2D eigenvalue weighted by Gasteiger charge is -2.20. The van der Waals surface area contributed by atoms with Crippen LogP contribution >= 0.6 is 7.82 Å². The molecule has 312 valence electrons. The van der Waals surface area contributed by atoms with E-state index in [2.05, 4.69) is 67.0 Å². The Balaban J connectivity index is 4.44. The first kappa shape index (κ1) is 51.4. The molecule has 12 heteroatoms. The van der Waals surface area contributed by atoms with Crippen LogP contribution < -0.4 is 5.73 Å². The Morgan fingerprint density at radius 1 is 0.593 bits per heavy atom. The van der Waals surface area contributed by atoms with Crippen LogP contribution in [0.2, 0.25) is 0 Å². The second kappa shape index (κ2) is 37.4. The fourth-order valence-electron chi connectivity index (χ4n) is 5.31. The number of allylic oxidation sites excluding steroid dienone is 8. The largest absolute Gasteiger partial charge is 0.480 e. The molecule has 0 aromatic rings. The number of hydrogen-bond donors (Lipinski definition) is 3. The first-order valence-electron chi connectivity index (χ1n) is 20.7. The Kier molecular flexibility index (Phi) is 35.6. The molecule has 54 heavy (non-hydrogen) atoms. The van der Waals surface area contributed by atoms with Gasteiger partial charge in [0.25, 0.3) is 0 Å². The topological polar surface area (TPSA) is 172 Å². The number of phosphoric acid groups is 1. The van der Waals surface area contributed by atoms with Crippen molar-refractivity contribution in [2.24, 2.45) is 5.73 Å². The van der Waals surface area contributed by atoms with Crippen LogP contribution in [-0.2, 0) is 37.5 Å². The molecule has 0 aliphatic carbocycles. The Morgan fingerprint density at radius 3 is 1.57 bits per heavy atom. The first-order valence-corrected chi connectivity index (χ1v) is 22.2. The summed E-state index contributed by atoms with van der Waals surface area (Å²) in [6, 6.07) is -1.53. The molecule has 0 radical (unpaired) electrons. The summed E-state index contributed by atoms with van der Waals surface area (Å²) in [5.74, 6) is -2.41. The third-order valence-electron chi connectivity index (χ3n) is 8.56. The average Bonchev–Trinajstić information content (AvgIpc) is 3.14. The molecule has 3 atom stereocenters. The number of unbranched alkanes of at least 4 members (excludes halogenated alkanes) is 16. The van der Waals surface area contributed by atoms with E-state index in [1.54, 1.807) is 0 Å². The Morgan fingerprint density at radius 2 is 1.04 bits per heavy atom. The van der Waals surface area contributed by atoms with Gasteiger partial charge in [-0.3, -0.25) is 23.4 Å². The van der Waals surface area contributed by atoms with Gasteiger partial charge in [-0.05, 0) is 70.6 Å². The van der Waals surface area contributed by atoms with E-state index in [0.29, 0.717) is 12.8 Å². The van der Waals surface area contributed by atoms with E-state index in [1.807, 2.05) is 0 Å². The molecule has 1 unspecified atom stereocenters. The number of nitrogens with two attached hydrogens (primary N) is 1. The second-order valence-electron chi connectivity index (χ2n) is 13.7. The number of ether oxygens (including phenoxy) is 2. The van der Waals surface area contributed by atoms with Gasteiger partial charge in [0, 0.05) is 12.8 Å². The van der Waals surface area contributed by atoms with Crippen molar-refractivity contribution in [3.8, 4) is 0 Å². The van der Waals surface area contributed by atoms with Crippen molar-refractivity contribution in [1.82, 2.24) is 0 Å². The number of aliphatic carboxylic acids is 1. The minimum atomic E-state index is -4.72. The van der Waals surface area contributed by atoms with E-state index in [9.17, 15) is 23.8 Å². The average molecular weight is 784 g/mol. The molecular formula is C42H74NO10P. The highest BCUT2D eigenvalue weighted by Crippen LogP contribution is 2.43. The lowest BCUT2D eigenvalue weighted by molar-refractivity contribution is -0.161. The monoisotopic (exact) mass is 784 g/mol. The van der Waals surface area contributed by atoms with Crippen LogP contribution in [0, 0.1) is 0 Å². The third kappa shape index (κ3) is 36.4. The molecule has 0 aliphatic heterocycles. The maximum absolute atomic E-state index is 12.6. The summed E-state index contributed by atoms with van der Waals surface area (Å²) in [6.07, 6.45) is 40.3. The van der Waals surface area contributed by atoms with Crippen molar-refractivity contribution < 1.29 is 47.5 Å². The summed E-state index contributed by atoms with van der Waals surface area (Å²) < 4.78 is 32.6. The number of rotatable bonds is 38. The van der Waals surface area contributed by atoms with Gasteiger partial charge in [-0.15, -0.1) is 0 Å². The quantitative estimate of drug-likeness (QED) is 0.0235. The van der Waals surface area contributed by atoms with Gasteiger partial charge in [-0.1, -0.05) is 133 Å². The molecule has 0 saturated carbocycles. The number of carboxylic acids is 1. The number of carbonyl (C=O) groups is 3. The molecule has 4 N–H and O–H groups in total. The molecular weight excluding hydrogens is 709 g/mol. The Bertz CT molecular complexity index is 1110. The van der Waals surface area contributed by atoms with E-state index in [1.165, 1.54) is 38.5 Å². The predicted molar refractivity (Wildman–Crippen MR) is 217 cm³/mol. The minimum absolute atomic E-state index is 0.139. The molecule has 0 rings (SSSR count). The summed E-state index contributed by atoms with van der Waals surface area (Å²) in [4.78, 5) is 45.9. The van der Waals surface area contributed by atoms with Crippen molar-refractivity contribution in [3.05, 3.63) is 48.6 Å². The number of esters is 2. The zero-order valence-electron chi connectivity index (χ0n) is 33.6. The van der Waals surface area contributed by atoms with Crippen LogP contribution in [-0.4, -0.2) is 59.9 Å². The molecule has 0 saturated heterocycles. The predicted octanol–water partition coefficient (Wildman–Crippen LogP) is 10.6. The Hall–Kier alpha value is -2.56.